The smallest absolute Gasteiger partial charge is 0.291 e. The molecule has 3 aromatic rings. The van der Waals surface area contributed by atoms with Crippen LogP contribution in [0, 0.1) is 0 Å². The van der Waals surface area contributed by atoms with Gasteiger partial charge in [-0.3, -0.25) is 4.79 Å². The van der Waals surface area contributed by atoms with Crippen LogP contribution in [0.3, 0.4) is 0 Å². The van der Waals surface area contributed by atoms with Gasteiger partial charge < -0.3 is 9.73 Å². The summed E-state index contributed by atoms with van der Waals surface area (Å²) in [6.07, 6.45) is 1.47. The van der Waals surface area contributed by atoms with Crippen LogP contribution in [-0.4, -0.2) is 5.91 Å². The predicted molar refractivity (Wildman–Crippen MR) is 83.5 cm³/mol. The van der Waals surface area contributed by atoms with E-state index >= 15 is 0 Å². The van der Waals surface area contributed by atoms with Crippen LogP contribution >= 0.6 is 11.6 Å². The molecule has 0 unspecified atom stereocenters. The molecule has 0 spiro atoms. The number of nitrogens with one attached hydrogen (secondary N) is 1. The molecule has 0 bridgehead atoms. The first-order valence-corrected chi connectivity index (χ1v) is 6.81. The fourth-order valence-corrected chi connectivity index (χ4v) is 2.11. The zero-order valence-electron chi connectivity index (χ0n) is 11.0. The lowest BCUT2D eigenvalue weighted by Crippen LogP contribution is -2.10. The summed E-state index contributed by atoms with van der Waals surface area (Å²) in [5.41, 5.74) is 2.85. The number of halogens is 1. The van der Waals surface area contributed by atoms with Crippen LogP contribution in [0.5, 0.6) is 0 Å². The standard InChI is InChI=1S/C17H12ClNO2/c18-14-7-3-12(4-8-14)13-5-9-15(10-6-13)19-17(20)16-2-1-11-21-16/h1-11H,(H,19,20). The molecule has 0 radical (unpaired) electrons. The van der Waals surface area contributed by atoms with Gasteiger partial charge in [0.05, 0.1) is 6.26 Å². The van der Waals surface area contributed by atoms with E-state index in [4.69, 9.17) is 16.0 Å². The third-order valence-corrected chi connectivity index (χ3v) is 3.32. The van der Waals surface area contributed by atoms with Crippen molar-refractivity contribution in [3.8, 4) is 11.1 Å². The van der Waals surface area contributed by atoms with Crippen molar-refractivity contribution in [2.24, 2.45) is 0 Å². The lowest BCUT2D eigenvalue weighted by atomic mass is 10.1. The largest absolute Gasteiger partial charge is 0.459 e. The van der Waals surface area contributed by atoms with Gasteiger partial charge in [0, 0.05) is 10.7 Å². The van der Waals surface area contributed by atoms with Crippen LogP contribution in [-0.2, 0) is 0 Å². The number of rotatable bonds is 3. The van der Waals surface area contributed by atoms with Crippen molar-refractivity contribution in [1.29, 1.82) is 0 Å². The van der Waals surface area contributed by atoms with Crippen molar-refractivity contribution >= 4 is 23.2 Å². The number of amides is 1. The van der Waals surface area contributed by atoms with E-state index in [1.165, 1.54) is 6.26 Å². The maximum absolute atomic E-state index is 11.8. The van der Waals surface area contributed by atoms with Crippen molar-refractivity contribution in [2.45, 2.75) is 0 Å². The van der Waals surface area contributed by atoms with Crippen LogP contribution < -0.4 is 5.32 Å². The highest BCUT2D eigenvalue weighted by atomic mass is 35.5. The molecule has 3 nitrogen and oxygen atoms in total. The van der Waals surface area contributed by atoms with E-state index in [-0.39, 0.29) is 11.7 Å². The van der Waals surface area contributed by atoms with Crippen molar-refractivity contribution in [3.05, 3.63) is 77.7 Å². The molecule has 0 saturated heterocycles. The molecule has 1 N–H and O–H groups in total. The Morgan fingerprint density at radius 3 is 2.10 bits per heavy atom. The number of carbonyl (C=O) groups is 1. The molecule has 1 amide bonds. The van der Waals surface area contributed by atoms with Gasteiger partial charge in [0.25, 0.3) is 5.91 Å². The Balaban J connectivity index is 1.75. The monoisotopic (exact) mass is 297 g/mol. The first-order chi connectivity index (χ1) is 10.2. The summed E-state index contributed by atoms with van der Waals surface area (Å²) < 4.78 is 5.05. The molecule has 0 atom stereocenters. The van der Waals surface area contributed by atoms with Gasteiger partial charge in [0.2, 0.25) is 0 Å². The van der Waals surface area contributed by atoms with Crippen LogP contribution in [0.2, 0.25) is 5.02 Å². The second kappa shape index (κ2) is 5.85. The number of furan rings is 1. The Morgan fingerprint density at radius 1 is 0.905 bits per heavy atom. The van der Waals surface area contributed by atoms with E-state index < -0.39 is 0 Å². The highest BCUT2D eigenvalue weighted by Crippen LogP contribution is 2.23. The maximum Gasteiger partial charge on any atom is 0.291 e. The number of benzene rings is 2. The van der Waals surface area contributed by atoms with Gasteiger partial charge in [-0.1, -0.05) is 35.9 Å². The minimum absolute atomic E-state index is 0.265. The Bertz CT molecular complexity index is 731. The fraction of sp³-hybridized carbons (Fsp3) is 0. The van der Waals surface area contributed by atoms with E-state index in [9.17, 15) is 4.79 Å². The second-order valence-corrected chi connectivity index (χ2v) is 4.95. The molecule has 1 aromatic heterocycles. The molecule has 104 valence electrons. The number of hydrogen-bond donors (Lipinski definition) is 1. The van der Waals surface area contributed by atoms with E-state index in [0.29, 0.717) is 10.7 Å². The first kappa shape index (κ1) is 13.5. The van der Waals surface area contributed by atoms with Gasteiger partial charge in [-0.05, 0) is 47.5 Å². The Kier molecular flexibility index (Phi) is 3.75. The summed E-state index contributed by atoms with van der Waals surface area (Å²) in [6.45, 7) is 0. The highest BCUT2D eigenvalue weighted by Gasteiger charge is 2.08. The second-order valence-electron chi connectivity index (χ2n) is 4.52. The third-order valence-electron chi connectivity index (χ3n) is 3.07. The molecule has 0 aliphatic rings. The molecule has 4 heteroatoms. The van der Waals surface area contributed by atoms with Crippen molar-refractivity contribution < 1.29 is 9.21 Å². The number of hydrogen-bond acceptors (Lipinski definition) is 2. The van der Waals surface area contributed by atoms with E-state index in [2.05, 4.69) is 5.32 Å². The van der Waals surface area contributed by atoms with Gasteiger partial charge in [-0.2, -0.15) is 0 Å². The summed E-state index contributed by atoms with van der Waals surface area (Å²) in [5.74, 6) is 0.0241. The Hall–Kier alpha value is -2.52. The highest BCUT2D eigenvalue weighted by molar-refractivity contribution is 6.30. The quantitative estimate of drug-likeness (QED) is 0.750. The zero-order valence-corrected chi connectivity index (χ0v) is 11.8. The topological polar surface area (TPSA) is 42.2 Å². The summed E-state index contributed by atoms with van der Waals surface area (Å²) in [4.78, 5) is 11.8. The number of carbonyl (C=O) groups excluding carboxylic acids is 1. The minimum atomic E-state index is -0.265. The van der Waals surface area contributed by atoms with E-state index in [1.807, 2.05) is 48.5 Å². The summed E-state index contributed by atoms with van der Waals surface area (Å²) in [6, 6.07) is 18.5. The molecule has 2 aromatic carbocycles. The normalized spacial score (nSPS) is 10.3. The summed E-state index contributed by atoms with van der Waals surface area (Å²) in [5, 5.41) is 3.49. The average Bonchev–Trinajstić information content (AvgIpc) is 3.03. The Morgan fingerprint density at radius 2 is 1.52 bits per heavy atom. The average molecular weight is 298 g/mol. The van der Waals surface area contributed by atoms with Crippen LogP contribution in [0.1, 0.15) is 10.6 Å². The van der Waals surface area contributed by atoms with Crippen molar-refractivity contribution in [1.82, 2.24) is 0 Å². The lowest BCUT2D eigenvalue weighted by Gasteiger charge is -2.06. The lowest BCUT2D eigenvalue weighted by molar-refractivity contribution is 0.0996. The third kappa shape index (κ3) is 3.15. The molecule has 0 saturated carbocycles. The predicted octanol–water partition coefficient (Wildman–Crippen LogP) is 4.85. The Labute approximate surface area is 127 Å². The van der Waals surface area contributed by atoms with Crippen molar-refractivity contribution in [3.63, 3.8) is 0 Å². The minimum Gasteiger partial charge on any atom is -0.459 e. The van der Waals surface area contributed by atoms with Gasteiger partial charge in [-0.15, -0.1) is 0 Å². The van der Waals surface area contributed by atoms with Crippen molar-refractivity contribution in [2.75, 3.05) is 5.32 Å². The van der Waals surface area contributed by atoms with Gasteiger partial charge in [0.15, 0.2) is 5.76 Å². The van der Waals surface area contributed by atoms with Gasteiger partial charge in [0.1, 0.15) is 0 Å². The molecule has 0 aliphatic heterocycles. The molecule has 1 heterocycles. The molecule has 21 heavy (non-hydrogen) atoms. The molecule has 0 aliphatic carbocycles. The summed E-state index contributed by atoms with van der Waals surface area (Å²) in [7, 11) is 0. The van der Waals surface area contributed by atoms with E-state index in [0.717, 1.165) is 11.1 Å². The SMILES string of the molecule is O=C(Nc1ccc(-c2ccc(Cl)cc2)cc1)c1ccco1. The van der Waals surface area contributed by atoms with Gasteiger partial charge >= 0.3 is 0 Å². The molecule has 3 rings (SSSR count). The van der Waals surface area contributed by atoms with Crippen LogP contribution in [0.25, 0.3) is 11.1 Å². The molecular formula is C17H12ClNO2. The van der Waals surface area contributed by atoms with Crippen LogP contribution in [0.15, 0.2) is 71.3 Å². The van der Waals surface area contributed by atoms with Gasteiger partial charge in [-0.25, -0.2) is 0 Å². The number of anilines is 1. The summed E-state index contributed by atoms with van der Waals surface area (Å²) >= 11 is 5.87. The first-order valence-electron chi connectivity index (χ1n) is 6.43. The zero-order chi connectivity index (χ0) is 14.7. The maximum atomic E-state index is 11.8. The molecular weight excluding hydrogens is 286 g/mol. The van der Waals surface area contributed by atoms with Crippen LogP contribution in [0.4, 0.5) is 5.69 Å². The fourth-order valence-electron chi connectivity index (χ4n) is 1.99. The molecule has 0 fully saturated rings. The van der Waals surface area contributed by atoms with E-state index in [1.54, 1.807) is 12.1 Å².